The number of aromatic nitrogens is 3. The second-order valence-corrected chi connectivity index (χ2v) is 6.12. The molecule has 0 atom stereocenters. The summed E-state index contributed by atoms with van der Waals surface area (Å²) in [7, 11) is 0. The number of nitrogens with one attached hydrogen (secondary N) is 1. The van der Waals surface area contributed by atoms with Crippen LogP contribution in [-0.4, -0.2) is 32.1 Å². The molecule has 122 valence electrons. The Hall–Kier alpha value is -2.89. The highest BCUT2D eigenvalue weighted by atomic mass is 16.3. The van der Waals surface area contributed by atoms with Crippen LogP contribution in [0.15, 0.2) is 42.9 Å². The summed E-state index contributed by atoms with van der Waals surface area (Å²) in [5.74, 6) is 0.0944. The van der Waals surface area contributed by atoms with Crippen LogP contribution in [0.3, 0.4) is 0 Å². The highest BCUT2D eigenvalue weighted by Crippen LogP contribution is 2.36. The van der Waals surface area contributed by atoms with E-state index in [1.807, 2.05) is 18.5 Å². The van der Waals surface area contributed by atoms with Crippen LogP contribution in [0.1, 0.15) is 34.8 Å². The Kier molecular flexibility index (Phi) is 3.65. The van der Waals surface area contributed by atoms with Crippen LogP contribution in [0.2, 0.25) is 0 Å². The van der Waals surface area contributed by atoms with Gasteiger partial charge in [0.05, 0.1) is 11.9 Å². The summed E-state index contributed by atoms with van der Waals surface area (Å²) >= 11 is 0. The number of imidazole rings is 1. The van der Waals surface area contributed by atoms with E-state index in [0.717, 1.165) is 16.7 Å². The van der Waals surface area contributed by atoms with Gasteiger partial charge >= 0.3 is 0 Å². The van der Waals surface area contributed by atoms with E-state index in [-0.39, 0.29) is 11.7 Å². The van der Waals surface area contributed by atoms with E-state index >= 15 is 0 Å². The molecule has 2 aromatic heterocycles. The zero-order valence-electron chi connectivity index (χ0n) is 13.1. The van der Waals surface area contributed by atoms with Crippen molar-refractivity contribution in [3.63, 3.8) is 0 Å². The van der Waals surface area contributed by atoms with Crippen LogP contribution < -0.4 is 5.32 Å². The number of aromatic hydroxyl groups is 1. The number of phenols is 1. The maximum atomic E-state index is 12.3. The molecule has 0 aliphatic heterocycles. The van der Waals surface area contributed by atoms with Gasteiger partial charge in [0, 0.05) is 18.8 Å². The molecule has 0 spiro atoms. The van der Waals surface area contributed by atoms with Gasteiger partial charge in [0.15, 0.2) is 5.65 Å². The summed E-state index contributed by atoms with van der Waals surface area (Å²) in [4.78, 5) is 21.0. The first-order valence-electron chi connectivity index (χ1n) is 8.09. The third kappa shape index (κ3) is 2.95. The summed E-state index contributed by atoms with van der Waals surface area (Å²) in [5, 5.41) is 12.2. The number of rotatable bonds is 5. The van der Waals surface area contributed by atoms with Gasteiger partial charge in [0.1, 0.15) is 11.3 Å². The molecule has 2 heterocycles. The SMILES string of the molecule is O=C(NCCc1ccc(O)cc1)c1cnc2c(c1)ncn2C1CC1. The molecule has 1 aromatic carbocycles. The van der Waals surface area contributed by atoms with Gasteiger partial charge in [-0.15, -0.1) is 0 Å². The van der Waals surface area contributed by atoms with Gasteiger partial charge in [-0.25, -0.2) is 9.97 Å². The average Bonchev–Trinajstić information content (AvgIpc) is 3.35. The molecule has 1 fully saturated rings. The average molecular weight is 322 g/mol. The van der Waals surface area contributed by atoms with Crippen LogP contribution in [0.5, 0.6) is 5.75 Å². The van der Waals surface area contributed by atoms with E-state index in [4.69, 9.17) is 0 Å². The normalized spacial score (nSPS) is 14.0. The number of amides is 1. The number of carbonyl (C=O) groups excluding carboxylic acids is 1. The maximum Gasteiger partial charge on any atom is 0.252 e. The highest BCUT2D eigenvalue weighted by molar-refractivity contribution is 5.96. The molecule has 1 amide bonds. The highest BCUT2D eigenvalue weighted by Gasteiger charge is 2.25. The zero-order valence-corrected chi connectivity index (χ0v) is 13.1. The largest absolute Gasteiger partial charge is 0.508 e. The van der Waals surface area contributed by atoms with Crippen molar-refractivity contribution < 1.29 is 9.90 Å². The second kappa shape index (κ2) is 5.96. The van der Waals surface area contributed by atoms with E-state index in [2.05, 4.69) is 19.9 Å². The quantitative estimate of drug-likeness (QED) is 0.756. The molecule has 4 rings (SSSR count). The van der Waals surface area contributed by atoms with Crippen LogP contribution in [0, 0.1) is 0 Å². The number of nitrogens with zero attached hydrogens (tertiary/aromatic N) is 3. The first-order chi connectivity index (χ1) is 11.7. The van der Waals surface area contributed by atoms with Crippen molar-refractivity contribution in [3.8, 4) is 5.75 Å². The summed E-state index contributed by atoms with van der Waals surface area (Å²) in [6, 6.07) is 9.29. The lowest BCUT2D eigenvalue weighted by molar-refractivity contribution is 0.0954. The lowest BCUT2D eigenvalue weighted by Crippen LogP contribution is -2.25. The maximum absolute atomic E-state index is 12.3. The Balaban J connectivity index is 1.40. The van der Waals surface area contributed by atoms with Crippen molar-refractivity contribution in [3.05, 3.63) is 54.0 Å². The van der Waals surface area contributed by atoms with E-state index in [1.165, 1.54) is 12.8 Å². The van der Waals surface area contributed by atoms with Gasteiger partial charge in [-0.3, -0.25) is 4.79 Å². The van der Waals surface area contributed by atoms with Gasteiger partial charge in [0.25, 0.3) is 5.91 Å². The van der Waals surface area contributed by atoms with Crippen molar-refractivity contribution in [1.29, 1.82) is 0 Å². The fourth-order valence-electron chi connectivity index (χ4n) is 2.75. The van der Waals surface area contributed by atoms with Crippen molar-refractivity contribution in [2.45, 2.75) is 25.3 Å². The summed E-state index contributed by atoms with van der Waals surface area (Å²) in [6.45, 7) is 0.526. The number of phenolic OH excluding ortho intramolecular Hbond substituents is 1. The first-order valence-corrected chi connectivity index (χ1v) is 8.09. The lowest BCUT2D eigenvalue weighted by Gasteiger charge is -2.06. The number of fused-ring (bicyclic) bond motifs is 1. The van der Waals surface area contributed by atoms with Crippen LogP contribution >= 0.6 is 0 Å². The molecule has 0 saturated heterocycles. The Bertz CT molecular complexity index is 882. The van der Waals surface area contributed by atoms with Crippen molar-refractivity contribution in [2.24, 2.45) is 0 Å². The van der Waals surface area contributed by atoms with Gasteiger partial charge < -0.3 is 15.0 Å². The molecule has 0 unspecified atom stereocenters. The van der Waals surface area contributed by atoms with E-state index in [9.17, 15) is 9.90 Å². The number of hydrogen-bond acceptors (Lipinski definition) is 4. The van der Waals surface area contributed by atoms with E-state index in [1.54, 1.807) is 24.4 Å². The predicted molar refractivity (Wildman–Crippen MR) is 89.9 cm³/mol. The minimum atomic E-state index is -0.149. The number of carbonyl (C=O) groups is 1. The first kappa shape index (κ1) is 14.7. The molecular formula is C18H18N4O2. The van der Waals surface area contributed by atoms with Crippen LogP contribution in [-0.2, 0) is 6.42 Å². The molecule has 2 N–H and O–H groups in total. The van der Waals surface area contributed by atoms with E-state index < -0.39 is 0 Å². The van der Waals surface area contributed by atoms with Crippen molar-refractivity contribution in [1.82, 2.24) is 19.9 Å². The van der Waals surface area contributed by atoms with Gasteiger partial charge in [-0.05, 0) is 43.0 Å². The summed E-state index contributed by atoms with van der Waals surface area (Å²) < 4.78 is 2.09. The summed E-state index contributed by atoms with van der Waals surface area (Å²) in [5.41, 5.74) is 3.19. The topological polar surface area (TPSA) is 80.0 Å². The van der Waals surface area contributed by atoms with Gasteiger partial charge in [-0.1, -0.05) is 12.1 Å². The molecule has 1 saturated carbocycles. The number of hydrogen-bond donors (Lipinski definition) is 2. The number of benzene rings is 1. The van der Waals surface area contributed by atoms with Gasteiger partial charge in [-0.2, -0.15) is 0 Å². The van der Waals surface area contributed by atoms with Gasteiger partial charge in [0.2, 0.25) is 0 Å². The fourth-order valence-corrected chi connectivity index (χ4v) is 2.75. The summed E-state index contributed by atoms with van der Waals surface area (Å²) in [6.07, 6.45) is 6.47. The molecular weight excluding hydrogens is 304 g/mol. The molecule has 0 bridgehead atoms. The molecule has 1 aliphatic carbocycles. The Morgan fingerprint density at radius 1 is 1.25 bits per heavy atom. The molecule has 1 aliphatic rings. The van der Waals surface area contributed by atoms with Crippen LogP contribution in [0.4, 0.5) is 0 Å². The standard InChI is InChI=1S/C18H18N4O2/c23-15-5-1-12(2-6-15)7-8-19-18(24)13-9-16-17(20-10-13)22(11-21-16)14-3-4-14/h1-2,5-6,9-11,14,23H,3-4,7-8H2,(H,19,24). The minimum absolute atomic E-state index is 0.149. The fraction of sp³-hybridized carbons (Fsp3) is 0.278. The Morgan fingerprint density at radius 3 is 2.79 bits per heavy atom. The van der Waals surface area contributed by atoms with E-state index in [0.29, 0.717) is 24.6 Å². The Morgan fingerprint density at radius 2 is 2.04 bits per heavy atom. The molecule has 3 aromatic rings. The Labute approximate surface area is 139 Å². The smallest absolute Gasteiger partial charge is 0.252 e. The number of pyridine rings is 1. The monoisotopic (exact) mass is 322 g/mol. The molecule has 6 nitrogen and oxygen atoms in total. The van der Waals surface area contributed by atoms with Crippen LogP contribution in [0.25, 0.3) is 11.2 Å². The third-order valence-corrected chi connectivity index (χ3v) is 4.25. The predicted octanol–water partition coefficient (Wildman–Crippen LogP) is 2.44. The molecule has 24 heavy (non-hydrogen) atoms. The minimum Gasteiger partial charge on any atom is -0.508 e. The van der Waals surface area contributed by atoms with Crippen molar-refractivity contribution in [2.75, 3.05) is 6.54 Å². The second-order valence-electron chi connectivity index (χ2n) is 6.12. The van der Waals surface area contributed by atoms with Crippen molar-refractivity contribution >= 4 is 17.1 Å². The molecule has 6 heteroatoms. The zero-order chi connectivity index (χ0) is 16.5. The molecule has 0 radical (unpaired) electrons. The third-order valence-electron chi connectivity index (χ3n) is 4.25. The lowest BCUT2D eigenvalue weighted by atomic mass is 10.1.